The van der Waals surface area contributed by atoms with E-state index in [4.69, 9.17) is 5.11 Å². The van der Waals surface area contributed by atoms with Crippen LogP contribution in [0.4, 0.5) is 0 Å². The molecule has 1 aromatic rings. The molecule has 9 nitrogen and oxygen atoms in total. The fourth-order valence-corrected chi connectivity index (χ4v) is 4.26. The first-order valence-corrected chi connectivity index (χ1v) is 10.5. The van der Waals surface area contributed by atoms with Crippen molar-refractivity contribution in [2.75, 3.05) is 6.54 Å². The molecular weight excluding hydrogens is 402 g/mol. The second-order valence-corrected chi connectivity index (χ2v) is 8.18. The number of aliphatic hydroxyl groups excluding tert-OH is 2. The van der Waals surface area contributed by atoms with E-state index >= 15 is 0 Å². The average Bonchev–Trinajstić information content (AvgIpc) is 2.72. The molecule has 1 unspecified atom stereocenters. The third kappa shape index (κ3) is 4.82. The predicted octanol–water partition coefficient (Wildman–Crippen LogP) is 1.53. The van der Waals surface area contributed by atoms with Gasteiger partial charge in [0.2, 0.25) is 12.2 Å². The van der Waals surface area contributed by atoms with Crippen LogP contribution in [0.15, 0.2) is 29.7 Å². The minimum Gasteiger partial charge on any atom is -0.494 e. The number of carboxylic acid groups (broad SMARTS) is 1. The van der Waals surface area contributed by atoms with E-state index in [1.54, 1.807) is 0 Å². The van der Waals surface area contributed by atoms with Gasteiger partial charge in [-0.05, 0) is 37.8 Å². The number of benzene rings is 1. The first-order chi connectivity index (χ1) is 14.7. The van der Waals surface area contributed by atoms with Gasteiger partial charge in [-0.3, -0.25) is 24.2 Å². The Morgan fingerprint density at radius 2 is 1.84 bits per heavy atom. The maximum Gasteiger partial charge on any atom is 0.322 e. The molecule has 1 atom stereocenters. The smallest absolute Gasteiger partial charge is 0.322 e. The van der Waals surface area contributed by atoms with Crippen molar-refractivity contribution in [1.29, 1.82) is 0 Å². The van der Waals surface area contributed by atoms with E-state index in [1.807, 2.05) is 32.0 Å². The summed E-state index contributed by atoms with van der Waals surface area (Å²) in [5, 5.41) is 32.9. The van der Waals surface area contributed by atoms with Crippen molar-refractivity contribution in [2.24, 2.45) is 0 Å². The van der Waals surface area contributed by atoms with Crippen molar-refractivity contribution in [3.8, 4) is 0 Å². The zero-order valence-electron chi connectivity index (χ0n) is 17.8. The summed E-state index contributed by atoms with van der Waals surface area (Å²) in [6.07, 6.45) is 2.84. The predicted molar refractivity (Wildman–Crippen MR) is 111 cm³/mol. The largest absolute Gasteiger partial charge is 0.494 e. The molecule has 2 aliphatic rings. The molecule has 1 saturated carbocycles. The van der Waals surface area contributed by atoms with E-state index in [0.29, 0.717) is 12.8 Å². The number of aliphatic hydroxyl groups is 2. The van der Waals surface area contributed by atoms with Crippen LogP contribution in [-0.4, -0.2) is 61.8 Å². The Bertz CT molecular complexity index is 907. The van der Waals surface area contributed by atoms with Gasteiger partial charge in [0.05, 0.1) is 6.54 Å². The Morgan fingerprint density at radius 3 is 2.45 bits per heavy atom. The third-order valence-corrected chi connectivity index (χ3v) is 5.90. The normalized spacial score (nSPS) is 20.2. The summed E-state index contributed by atoms with van der Waals surface area (Å²) in [7, 11) is 0. The number of aryl methyl sites for hydroxylation is 2. The number of aliphatic carboxylic acids is 1. The highest BCUT2D eigenvalue weighted by Crippen LogP contribution is 2.32. The molecule has 1 aliphatic carbocycles. The lowest BCUT2D eigenvalue weighted by atomic mass is 9.93. The molecule has 9 heteroatoms. The number of nitrogens with zero attached hydrogens (tertiary/aromatic N) is 2. The van der Waals surface area contributed by atoms with Gasteiger partial charge in [-0.1, -0.05) is 43.0 Å². The van der Waals surface area contributed by atoms with E-state index in [1.165, 1.54) is 4.90 Å². The summed E-state index contributed by atoms with van der Waals surface area (Å²) in [6.45, 7) is 3.20. The summed E-state index contributed by atoms with van der Waals surface area (Å²) < 4.78 is 0. The van der Waals surface area contributed by atoms with Gasteiger partial charge in [0.15, 0.2) is 5.57 Å². The van der Waals surface area contributed by atoms with E-state index in [-0.39, 0.29) is 12.6 Å². The summed E-state index contributed by atoms with van der Waals surface area (Å²) in [6, 6.07) is 5.48. The maximum atomic E-state index is 13.2. The fourth-order valence-electron chi connectivity index (χ4n) is 4.26. The summed E-state index contributed by atoms with van der Waals surface area (Å²) in [5.41, 5.74) is 2.23. The van der Waals surface area contributed by atoms with Crippen molar-refractivity contribution < 1.29 is 29.7 Å². The lowest BCUT2D eigenvalue weighted by molar-refractivity contribution is -0.173. The lowest BCUT2D eigenvalue weighted by Crippen LogP contribution is -2.59. The van der Waals surface area contributed by atoms with Crippen molar-refractivity contribution in [3.63, 3.8) is 0 Å². The molecule has 0 aromatic heterocycles. The van der Waals surface area contributed by atoms with E-state index < -0.39 is 42.1 Å². The minimum absolute atomic E-state index is 0.0400. The number of carboxylic acids is 1. The maximum absolute atomic E-state index is 13.2. The SMILES string of the molecule is Cc1ccc(CN2C(=O)C(C(=O)NCC(=O)O)=C(O)N(C3CCCCC3)C2O)c(C)c1. The van der Waals surface area contributed by atoms with Crippen LogP contribution in [0.5, 0.6) is 0 Å². The quantitative estimate of drug-likeness (QED) is 0.503. The van der Waals surface area contributed by atoms with Crippen LogP contribution < -0.4 is 5.32 Å². The average molecular weight is 431 g/mol. The molecular formula is C22H29N3O6. The second-order valence-electron chi connectivity index (χ2n) is 8.18. The van der Waals surface area contributed by atoms with Gasteiger partial charge in [0.1, 0.15) is 6.54 Å². The highest BCUT2D eigenvalue weighted by molar-refractivity contribution is 6.19. The molecule has 1 heterocycles. The molecule has 1 fully saturated rings. The fraction of sp³-hybridized carbons (Fsp3) is 0.500. The van der Waals surface area contributed by atoms with Gasteiger partial charge in [0, 0.05) is 6.04 Å². The molecule has 4 N–H and O–H groups in total. The van der Waals surface area contributed by atoms with Crippen molar-refractivity contribution in [3.05, 3.63) is 46.3 Å². The molecule has 31 heavy (non-hydrogen) atoms. The second kappa shape index (κ2) is 9.38. The minimum atomic E-state index is -1.44. The van der Waals surface area contributed by atoms with Gasteiger partial charge in [0.25, 0.3) is 11.8 Å². The van der Waals surface area contributed by atoms with Gasteiger partial charge in [-0.15, -0.1) is 0 Å². The molecule has 2 amide bonds. The number of carbonyl (C=O) groups excluding carboxylic acids is 2. The Morgan fingerprint density at radius 1 is 1.16 bits per heavy atom. The van der Waals surface area contributed by atoms with Crippen molar-refractivity contribution in [2.45, 2.75) is 64.9 Å². The molecule has 1 aromatic carbocycles. The van der Waals surface area contributed by atoms with Gasteiger partial charge < -0.3 is 20.6 Å². The number of nitrogens with one attached hydrogen (secondary N) is 1. The van der Waals surface area contributed by atoms with Crippen LogP contribution >= 0.6 is 0 Å². The summed E-state index contributed by atoms with van der Waals surface area (Å²) >= 11 is 0. The molecule has 0 radical (unpaired) electrons. The van der Waals surface area contributed by atoms with E-state index in [2.05, 4.69) is 5.32 Å². The Kier molecular flexibility index (Phi) is 6.84. The molecule has 168 valence electrons. The van der Waals surface area contributed by atoms with Crippen LogP contribution in [0.25, 0.3) is 0 Å². The van der Waals surface area contributed by atoms with Crippen LogP contribution in [0.3, 0.4) is 0 Å². The summed E-state index contributed by atoms with van der Waals surface area (Å²) in [4.78, 5) is 39.1. The molecule has 3 rings (SSSR count). The lowest BCUT2D eigenvalue weighted by Gasteiger charge is -2.46. The van der Waals surface area contributed by atoms with Gasteiger partial charge in [-0.2, -0.15) is 0 Å². The Labute approximate surface area is 181 Å². The van der Waals surface area contributed by atoms with Crippen molar-refractivity contribution >= 4 is 17.8 Å². The third-order valence-electron chi connectivity index (χ3n) is 5.90. The van der Waals surface area contributed by atoms with Crippen LogP contribution in [0.2, 0.25) is 0 Å². The first-order valence-electron chi connectivity index (χ1n) is 10.5. The van der Waals surface area contributed by atoms with Crippen LogP contribution in [-0.2, 0) is 20.9 Å². The Balaban J connectivity index is 1.98. The van der Waals surface area contributed by atoms with Crippen molar-refractivity contribution in [1.82, 2.24) is 15.1 Å². The topological polar surface area (TPSA) is 130 Å². The number of hydrogen-bond acceptors (Lipinski definition) is 6. The zero-order valence-corrected chi connectivity index (χ0v) is 17.8. The first kappa shape index (κ1) is 22.6. The highest BCUT2D eigenvalue weighted by atomic mass is 16.4. The van der Waals surface area contributed by atoms with E-state index in [9.17, 15) is 24.6 Å². The number of carbonyl (C=O) groups is 3. The molecule has 0 saturated heterocycles. The van der Waals surface area contributed by atoms with Crippen LogP contribution in [0.1, 0.15) is 48.8 Å². The summed E-state index contributed by atoms with van der Waals surface area (Å²) in [5.74, 6) is -3.71. The van der Waals surface area contributed by atoms with E-state index in [0.717, 1.165) is 40.9 Å². The standard InChI is InChI=1S/C22H29N3O6/c1-13-8-9-15(14(2)10-13)12-24-20(29)18(19(28)23-11-17(26)27)21(30)25(22(24)31)16-6-4-3-5-7-16/h8-10,16,22,30-31H,3-7,11-12H2,1-2H3,(H,23,28)(H,26,27). The van der Waals surface area contributed by atoms with Crippen LogP contribution in [0, 0.1) is 13.8 Å². The van der Waals surface area contributed by atoms with Gasteiger partial charge >= 0.3 is 5.97 Å². The molecule has 1 aliphatic heterocycles. The highest BCUT2D eigenvalue weighted by Gasteiger charge is 2.44. The molecule has 0 bridgehead atoms. The number of rotatable bonds is 6. The zero-order chi connectivity index (χ0) is 22.7. The Hall–Kier alpha value is -3.07. The number of amides is 2. The molecule has 0 spiro atoms. The monoisotopic (exact) mass is 431 g/mol. The van der Waals surface area contributed by atoms with Gasteiger partial charge in [-0.25, -0.2) is 0 Å². The number of hydrogen-bond donors (Lipinski definition) is 4.